The summed E-state index contributed by atoms with van der Waals surface area (Å²) in [6.45, 7) is 0.644. The van der Waals surface area contributed by atoms with E-state index < -0.39 is 0 Å². The molecule has 1 nitrogen and oxygen atoms in total. The fourth-order valence-electron chi connectivity index (χ4n) is 0.159. The summed E-state index contributed by atoms with van der Waals surface area (Å²) in [6, 6.07) is 0. The van der Waals surface area contributed by atoms with Gasteiger partial charge < -0.3 is 5.73 Å². The first-order chi connectivity index (χ1) is 2.91. The summed E-state index contributed by atoms with van der Waals surface area (Å²) in [5, 5.41) is 0.907. The van der Waals surface area contributed by atoms with Gasteiger partial charge in [0.1, 0.15) is 0 Å². The SMILES string of the molecule is Cl.NCC=CCBr. The van der Waals surface area contributed by atoms with Crippen LogP contribution in [0, 0.1) is 0 Å². The molecule has 44 valence electrons. The minimum absolute atomic E-state index is 0. The number of alkyl halides is 1. The summed E-state index contributed by atoms with van der Waals surface area (Å²) in [6.07, 6.45) is 3.88. The van der Waals surface area contributed by atoms with Crippen LogP contribution in [0.15, 0.2) is 12.2 Å². The molecule has 0 aromatic rings. The van der Waals surface area contributed by atoms with Gasteiger partial charge in [-0.05, 0) is 0 Å². The van der Waals surface area contributed by atoms with Crippen molar-refractivity contribution in [1.29, 1.82) is 0 Å². The third-order valence-corrected chi connectivity index (χ3v) is 0.766. The summed E-state index contributed by atoms with van der Waals surface area (Å²) in [5.74, 6) is 0. The zero-order chi connectivity index (χ0) is 4.83. The van der Waals surface area contributed by atoms with Gasteiger partial charge >= 0.3 is 0 Å². The van der Waals surface area contributed by atoms with Crippen molar-refractivity contribution >= 4 is 28.3 Å². The Labute approximate surface area is 58.5 Å². The molecule has 0 bridgehead atoms. The van der Waals surface area contributed by atoms with Crippen LogP contribution in [0.1, 0.15) is 0 Å². The van der Waals surface area contributed by atoms with Crippen molar-refractivity contribution in [2.24, 2.45) is 5.73 Å². The quantitative estimate of drug-likeness (QED) is 0.511. The zero-order valence-corrected chi connectivity index (χ0v) is 6.33. The van der Waals surface area contributed by atoms with Gasteiger partial charge in [0.25, 0.3) is 0 Å². The first kappa shape index (κ1) is 10.5. The molecule has 7 heavy (non-hydrogen) atoms. The minimum atomic E-state index is 0. The molecule has 3 heteroatoms. The highest BCUT2D eigenvalue weighted by molar-refractivity contribution is 9.09. The molecule has 0 atom stereocenters. The lowest BCUT2D eigenvalue weighted by Crippen LogP contribution is -1.91. The Morgan fingerprint density at radius 3 is 2.14 bits per heavy atom. The Balaban J connectivity index is 0. The largest absolute Gasteiger partial charge is 0.327 e. The highest BCUT2D eigenvalue weighted by Gasteiger charge is 1.61. The molecule has 0 aliphatic carbocycles. The average molecular weight is 186 g/mol. The molecule has 0 aromatic heterocycles. The molecule has 0 amide bonds. The Morgan fingerprint density at radius 2 is 2.00 bits per heavy atom. The van der Waals surface area contributed by atoms with Crippen LogP contribution in [0.2, 0.25) is 0 Å². The van der Waals surface area contributed by atoms with E-state index in [9.17, 15) is 0 Å². The molecule has 0 aromatic carbocycles. The molecule has 0 aliphatic heterocycles. The molecule has 0 rings (SSSR count). The van der Waals surface area contributed by atoms with Crippen molar-refractivity contribution in [3.05, 3.63) is 12.2 Å². The van der Waals surface area contributed by atoms with E-state index in [4.69, 9.17) is 5.73 Å². The Morgan fingerprint density at radius 1 is 1.43 bits per heavy atom. The maximum atomic E-state index is 5.11. The zero-order valence-electron chi connectivity index (χ0n) is 3.93. The normalized spacial score (nSPS) is 8.86. The van der Waals surface area contributed by atoms with Gasteiger partial charge in [-0.15, -0.1) is 12.4 Å². The second kappa shape index (κ2) is 9.69. The van der Waals surface area contributed by atoms with Gasteiger partial charge in [-0.1, -0.05) is 28.1 Å². The highest BCUT2D eigenvalue weighted by atomic mass is 79.9. The third kappa shape index (κ3) is 10.7. The smallest absolute Gasteiger partial charge is 0.0212 e. The lowest BCUT2D eigenvalue weighted by atomic mass is 10.5. The summed E-state index contributed by atoms with van der Waals surface area (Å²) in [4.78, 5) is 0. The second-order valence-corrected chi connectivity index (χ2v) is 1.51. The standard InChI is InChI=1S/C4H8BrN.ClH/c5-3-1-2-4-6;/h1-2H,3-4,6H2;1H. The van der Waals surface area contributed by atoms with Crippen molar-refractivity contribution in [1.82, 2.24) is 0 Å². The molecule has 0 fully saturated rings. The van der Waals surface area contributed by atoms with Gasteiger partial charge in [0.15, 0.2) is 0 Å². The molecule has 0 spiro atoms. The van der Waals surface area contributed by atoms with Gasteiger partial charge in [-0.2, -0.15) is 0 Å². The van der Waals surface area contributed by atoms with Crippen molar-refractivity contribution in [2.75, 3.05) is 11.9 Å². The maximum absolute atomic E-state index is 5.11. The second-order valence-electron chi connectivity index (χ2n) is 0.861. The predicted molar refractivity (Wildman–Crippen MR) is 39.2 cm³/mol. The molecular formula is C4H9BrClN. The molecule has 2 N–H and O–H groups in total. The number of allylic oxidation sites excluding steroid dienone is 1. The number of hydrogen-bond donors (Lipinski definition) is 1. The van der Waals surface area contributed by atoms with Crippen LogP contribution in [-0.2, 0) is 0 Å². The molecule has 0 unspecified atom stereocenters. The first-order valence-electron chi connectivity index (χ1n) is 1.83. The van der Waals surface area contributed by atoms with E-state index in [1.807, 2.05) is 12.2 Å². The van der Waals surface area contributed by atoms with E-state index in [1.165, 1.54) is 0 Å². The molecule has 0 aliphatic rings. The number of halogens is 2. The summed E-state index contributed by atoms with van der Waals surface area (Å²) < 4.78 is 0. The van der Waals surface area contributed by atoms with E-state index in [0.717, 1.165) is 5.33 Å². The van der Waals surface area contributed by atoms with Gasteiger partial charge in [0.2, 0.25) is 0 Å². The maximum Gasteiger partial charge on any atom is 0.0212 e. The Hall–Kier alpha value is 0.470. The number of nitrogens with two attached hydrogens (primary N) is 1. The molecular weight excluding hydrogens is 177 g/mol. The van der Waals surface area contributed by atoms with Crippen molar-refractivity contribution in [3.8, 4) is 0 Å². The van der Waals surface area contributed by atoms with Crippen LogP contribution < -0.4 is 5.73 Å². The number of rotatable bonds is 2. The topological polar surface area (TPSA) is 26.0 Å². The van der Waals surface area contributed by atoms with Crippen LogP contribution >= 0.6 is 28.3 Å². The van der Waals surface area contributed by atoms with Gasteiger partial charge in [-0.25, -0.2) is 0 Å². The van der Waals surface area contributed by atoms with Crippen molar-refractivity contribution < 1.29 is 0 Å². The van der Waals surface area contributed by atoms with Crippen LogP contribution in [0.4, 0.5) is 0 Å². The van der Waals surface area contributed by atoms with Crippen LogP contribution in [-0.4, -0.2) is 11.9 Å². The molecule has 0 radical (unpaired) electrons. The fraction of sp³-hybridized carbons (Fsp3) is 0.500. The lowest BCUT2D eigenvalue weighted by Gasteiger charge is -1.72. The van der Waals surface area contributed by atoms with Gasteiger partial charge in [-0.3, -0.25) is 0 Å². The van der Waals surface area contributed by atoms with E-state index in [1.54, 1.807) is 0 Å². The van der Waals surface area contributed by atoms with Crippen LogP contribution in [0.5, 0.6) is 0 Å². The monoisotopic (exact) mass is 185 g/mol. The van der Waals surface area contributed by atoms with Crippen molar-refractivity contribution in [2.45, 2.75) is 0 Å². The van der Waals surface area contributed by atoms with E-state index in [2.05, 4.69) is 15.9 Å². The van der Waals surface area contributed by atoms with Crippen LogP contribution in [0.3, 0.4) is 0 Å². The predicted octanol–water partition coefficient (Wildman–Crippen LogP) is 1.32. The van der Waals surface area contributed by atoms with Gasteiger partial charge in [0.05, 0.1) is 0 Å². The molecule has 0 heterocycles. The Bertz CT molecular complexity index is 41.0. The summed E-state index contributed by atoms with van der Waals surface area (Å²) in [7, 11) is 0. The third-order valence-electron chi connectivity index (χ3n) is 0.392. The Kier molecular flexibility index (Phi) is 14.5. The first-order valence-corrected chi connectivity index (χ1v) is 2.95. The lowest BCUT2D eigenvalue weighted by molar-refractivity contribution is 1.25. The van der Waals surface area contributed by atoms with E-state index in [-0.39, 0.29) is 12.4 Å². The minimum Gasteiger partial charge on any atom is -0.327 e. The fourth-order valence-corrected chi connectivity index (χ4v) is 0.424. The average Bonchev–Trinajstić information content (AvgIpc) is 1.61. The summed E-state index contributed by atoms with van der Waals surface area (Å²) in [5.41, 5.74) is 5.11. The summed E-state index contributed by atoms with van der Waals surface area (Å²) >= 11 is 3.21. The highest BCUT2D eigenvalue weighted by Crippen LogP contribution is 1.77. The van der Waals surface area contributed by atoms with Crippen LogP contribution in [0.25, 0.3) is 0 Å². The number of hydrogen-bond acceptors (Lipinski definition) is 1. The van der Waals surface area contributed by atoms with Crippen molar-refractivity contribution in [3.63, 3.8) is 0 Å². The van der Waals surface area contributed by atoms with Gasteiger partial charge in [0, 0.05) is 11.9 Å². The molecule has 0 saturated heterocycles. The van der Waals surface area contributed by atoms with E-state index >= 15 is 0 Å². The molecule has 0 saturated carbocycles. The van der Waals surface area contributed by atoms with E-state index in [0.29, 0.717) is 6.54 Å².